The Hall–Kier alpha value is -3.39. The van der Waals surface area contributed by atoms with E-state index in [4.69, 9.17) is 0 Å². The van der Waals surface area contributed by atoms with Crippen LogP contribution in [0.5, 0.6) is 0 Å². The highest BCUT2D eigenvalue weighted by Crippen LogP contribution is 2.31. The second-order valence-corrected chi connectivity index (χ2v) is 8.10. The summed E-state index contributed by atoms with van der Waals surface area (Å²) < 4.78 is 0. The van der Waals surface area contributed by atoms with Gasteiger partial charge in [-0.2, -0.15) is 0 Å². The fraction of sp³-hybridized carbons (Fsp3) is 0.348. The lowest BCUT2D eigenvalue weighted by molar-refractivity contribution is -0.143. The van der Waals surface area contributed by atoms with E-state index >= 15 is 0 Å². The zero-order valence-electron chi connectivity index (χ0n) is 17.7. The van der Waals surface area contributed by atoms with Crippen LogP contribution in [0.4, 0.5) is 11.5 Å². The molecule has 8 heteroatoms. The van der Waals surface area contributed by atoms with Gasteiger partial charge in [0.25, 0.3) is 0 Å². The van der Waals surface area contributed by atoms with Crippen LogP contribution in [0.3, 0.4) is 0 Å². The topological polar surface area (TPSA) is 102 Å². The number of carboxylic acids is 1. The normalized spacial score (nSPS) is 15.9. The summed E-state index contributed by atoms with van der Waals surface area (Å²) in [7, 11) is 0. The fourth-order valence-electron chi connectivity index (χ4n) is 3.98. The third kappa shape index (κ3) is 4.39. The molecule has 1 aliphatic heterocycles. The Labute approximate surface area is 180 Å². The molecule has 3 heterocycles. The van der Waals surface area contributed by atoms with Gasteiger partial charge in [0.15, 0.2) is 0 Å². The van der Waals surface area contributed by atoms with E-state index in [9.17, 15) is 14.7 Å². The molecule has 2 aromatic heterocycles. The average Bonchev–Trinajstić information content (AvgIpc) is 3.17. The molecule has 0 saturated carbocycles. The lowest BCUT2D eigenvalue weighted by atomic mass is 10.0. The number of pyridine rings is 1. The number of rotatable bonds is 6. The molecule has 0 bridgehead atoms. The second-order valence-electron chi connectivity index (χ2n) is 8.10. The predicted molar refractivity (Wildman–Crippen MR) is 120 cm³/mol. The summed E-state index contributed by atoms with van der Waals surface area (Å²) >= 11 is 0. The molecule has 31 heavy (non-hydrogen) atoms. The Morgan fingerprint density at radius 3 is 2.55 bits per heavy atom. The molecule has 1 aromatic carbocycles. The average molecular weight is 422 g/mol. The number of amides is 1. The van der Waals surface area contributed by atoms with Gasteiger partial charge >= 0.3 is 5.97 Å². The maximum atomic E-state index is 12.2. The Morgan fingerprint density at radius 2 is 1.90 bits per heavy atom. The molecular formula is C23H27N5O3. The predicted octanol–water partition coefficient (Wildman–Crippen LogP) is 3.11. The van der Waals surface area contributed by atoms with Crippen molar-refractivity contribution in [2.75, 3.05) is 36.4 Å². The lowest BCUT2D eigenvalue weighted by Crippen LogP contribution is -2.49. The molecule has 1 saturated heterocycles. The highest BCUT2D eigenvalue weighted by Gasteiger charge is 2.32. The Balaban J connectivity index is 1.53. The fourth-order valence-corrected chi connectivity index (χ4v) is 3.98. The number of carbonyl (C=O) groups is 2. The van der Waals surface area contributed by atoms with Gasteiger partial charge in [-0.3, -0.25) is 14.5 Å². The molecule has 1 fully saturated rings. The van der Waals surface area contributed by atoms with Gasteiger partial charge in [-0.15, -0.1) is 0 Å². The molecule has 4 rings (SSSR count). The molecule has 0 spiro atoms. The monoisotopic (exact) mass is 421 g/mol. The molecule has 1 amide bonds. The third-order valence-corrected chi connectivity index (χ3v) is 5.69. The number of hydrogen-bond donors (Lipinski definition) is 3. The van der Waals surface area contributed by atoms with Crippen LogP contribution in [0.2, 0.25) is 0 Å². The van der Waals surface area contributed by atoms with Gasteiger partial charge in [-0.05, 0) is 24.3 Å². The molecule has 3 N–H and O–H groups in total. The second kappa shape index (κ2) is 8.77. The lowest BCUT2D eigenvalue weighted by Gasteiger charge is -2.38. The highest BCUT2D eigenvalue weighted by atomic mass is 16.4. The summed E-state index contributed by atoms with van der Waals surface area (Å²) in [6.45, 7) is 6.37. The van der Waals surface area contributed by atoms with Crippen LogP contribution in [-0.4, -0.2) is 58.0 Å². The number of nitrogens with one attached hydrogen (secondary N) is 2. The molecule has 1 atom stereocenters. The summed E-state index contributed by atoms with van der Waals surface area (Å²) in [5.74, 6) is -0.127. The minimum atomic E-state index is -0.871. The third-order valence-electron chi connectivity index (χ3n) is 5.69. The van der Waals surface area contributed by atoms with Gasteiger partial charge in [0.1, 0.15) is 11.9 Å². The maximum absolute atomic E-state index is 12.2. The standard InChI is InChI=1S/C23H27N5O3/c1-15(2)22(29)26-16-6-7-17-18(14-25-19(17)13-16)21(23(30)31)28-11-9-27(10-12-28)20-5-3-4-8-24-20/h3-8,13-15,21,25H,9-12H2,1-2H3,(H,26,29)(H,30,31)/t21-/m0/s1. The van der Waals surface area contributed by atoms with Crippen LogP contribution in [0.25, 0.3) is 10.9 Å². The summed E-state index contributed by atoms with van der Waals surface area (Å²) in [4.78, 5) is 36.0. The quantitative estimate of drug-likeness (QED) is 0.565. The van der Waals surface area contributed by atoms with Crippen LogP contribution in [0.1, 0.15) is 25.5 Å². The van der Waals surface area contributed by atoms with Gasteiger partial charge < -0.3 is 20.3 Å². The molecule has 0 radical (unpaired) electrons. The van der Waals surface area contributed by atoms with Crippen LogP contribution < -0.4 is 10.2 Å². The van der Waals surface area contributed by atoms with E-state index in [-0.39, 0.29) is 11.8 Å². The Bertz CT molecular complexity index is 1070. The first-order valence-electron chi connectivity index (χ1n) is 10.5. The van der Waals surface area contributed by atoms with Crippen LogP contribution in [0, 0.1) is 5.92 Å². The van der Waals surface area contributed by atoms with Crippen LogP contribution >= 0.6 is 0 Å². The summed E-state index contributed by atoms with van der Waals surface area (Å²) in [6.07, 6.45) is 3.54. The minimum Gasteiger partial charge on any atom is -0.480 e. The minimum absolute atomic E-state index is 0.0553. The van der Waals surface area contributed by atoms with E-state index in [0.29, 0.717) is 31.9 Å². The van der Waals surface area contributed by atoms with E-state index in [0.717, 1.165) is 22.3 Å². The van der Waals surface area contributed by atoms with Crippen molar-refractivity contribution in [2.45, 2.75) is 19.9 Å². The number of nitrogens with zero attached hydrogens (tertiary/aromatic N) is 3. The van der Waals surface area contributed by atoms with Gasteiger partial charge in [-0.1, -0.05) is 26.0 Å². The van der Waals surface area contributed by atoms with Gasteiger partial charge in [0.2, 0.25) is 5.91 Å². The molecular weight excluding hydrogens is 394 g/mol. The Morgan fingerprint density at radius 1 is 1.13 bits per heavy atom. The van der Waals surface area contributed by atoms with Crippen molar-refractivity contribution in [1.82, 2.24) is 14.9 Å². The Kier molecular flexibility index (Phi) is 5.90. The van der Waals surface area contributed by atoms with Crippen molar-refractivity contribution >= 4 is 34.3 Å². The first-order chi connectivity index (χ1) is 14.9. The molecule has 3 aromatic rings. The maximum Gasteiger partial charge on any atom is 0.325 e. The molecule has 8 nitrogen and oxygen atoms in total. The SMILES string of the molecule is CC(C)C(=O)Nc1ccc2c([C@@H](C(=O)O)N3CCN(c4ccccn4)CC3)c[nH]c2c1. The summed E-state index contributed by atoms with van der Waals surface area (Å²) in [5.41, 5.74) is 2.22. The van der Waals surface area contributed by atoms with Crippen molar-refractivity contribution in [3.8, 4) is 0 Å². The van der Waals surface area contributed by atoms with E-state index in [1.807, 2.05) is 55.1 Å². The van der Waals surface area contributed by atoms with Crippen molar-refractivity contribution in [3.63, 3.8) is 0 Å². The smallest absolute Gasteiger partial charge is 0.325 e. The number of H-pyrrole nitrogens is 1. The zero-order chi connectivity index (χ0) is 22.0. The first-order valence-corrected chi connectivity index (χ1v) is 10.5. The molecule has 0 unspecified atom stereocenters. The number of aromatic nitrogens is 2. The first kappa shape index (κ1) is 20.9. The number of benzene rings is 1. The molecule has 0 aliphatic carbocycles. The highest BCUT2D eigenvalue weighted by molar-refractivity contribution is 5.96. The summed E-state index contributed by atoms with van der Waals surface area (Å²) in [6, 6.07) is 10.6. The largest absolute Gasteiger partial charge is 0.480 e. The van der Waals surface area contributed by atoms with Crippen molar-refractivity contribution in [2.24, 2.45) is 5.92 Å². The zero-order valence-corrected chi connectivity index (χ0v) is 17.7. The number of hydrogen-bond acceptors (Lipinski definition) is 5. The van der Waals surface area contributed by atoms with Crippen LogP contribution in [0.15, 0.2) is 48.8 Å². The van der Waals surface area contributed by atoms with Gasteiger partial charge in [-0.25, -0.2) is 4.98 Å². The number of fused-ring (bicyclic) bond motifs is 1. The van der Waals surface area contributed by atoms with Crippen LogP contribution in [-0.2, 0) is 9.59 Å². The summed E-state index contributed by atoms with van der Waals surface area (Å²) in [5, 5.41) is 13.8. The van der Waals surface area contributed by atoms with E-state index in [1.54, 1.807) is 12.4 Å². The number of anilines is 2. The number of aromatic amines is 1. The van der Waals surface area contributed by atoms with Gasteiger partial charge in [0, 0.05) is 66.6 Å². The van der Waals surface area contributed by atoms with Gasteiger partial charge in [0.05, 0.1) is 0 Å². The molecule has 1 aliphatic rings. The van der Waals surface area contributed by atoms with Crippen molar-refractivity contribution < 1.29 is 14.7 Å². The number of carbonyl (C=O) groups excluding carboxylic acids is 1. The number of piperazine rings is 1. The number of carboxylic acid groups (broad SMARTS) is 1. The van der Waals surface area contributed by atoms with E-state index < -0.39 is 12.0 Å². The van der Waals surface area contributed by atoms with E-state index in [2.05, 4.69) is 20.2 Å². The van der Waals surface area contributed by atoms with E-state index in [1.165, 1.54) is 0 Å². The van der Waals surface area contributed by atoms with Crippen molar-refractivity contribution in [3.05, 3.63) is 54.4 Å². The van der Waals surface area contributed by atoms with Crippen molar-refractivity contribution in [1.29, 1.82) is 0 Å². The number of aliphatic carboxylic acids is 1. The molecule has 162 valence electrons.